The molecule has 1 unspecified atom stereocenters. The van der Waals surface area contributed by atoms with Gasteiger partial charge >= 0.3 is 0 Å². The van der Waals surface area contributed by atoms with Gasteiger partial charge in [0.15, 0.2) is 0 Å². The third-order valence-electron chi connectivity index (χ3n) is 3.84. The molecule has 3 rings (SSSR count). The lowest BCUT2D eigenvalue weighted by Crippen LogP contribution is -2.20. The van der Waals surface area contributed by atoms with Crippen molar-refractivity contribution in [2.45, 2.75) is 39.3 Å². The molecule has 2 heterocycles. The SMILES string of the molecule is CCC(NCc1ccc(C)o1)c1ccc2c(c1)CCO2. The van der Waals surface area contributed by atoms with Crippen LogP contribution in [-0.4, -0.2) is 6.61 Å². The summed E-state index contributed by atoms with van der Waals surface area (Å²) in [6.07, 6.45) is 2.08. The van der Waals surface area contributed by atoms with Crippen LogP contribution in [0.2, 0.25) is 0 Å². The summed E-state index contributed by atoms with van der Waals surface area (Å²) in [6.45, 7) is 5.75. The average molecular weight is 271 g/mol. The van der Waals surface area contributed by atoms with Gasteiger partial charge in [-0.15, -0.1) is 0 Å². The first-order valence-corrected chi connectivity index (χ1v) is 7.30. The molecule has 1 N–H and O–H groups in total. The molecule has 1 atom stereocenters. The Morgan fingerprint density at radius 1 is 1.25 bits per heavy atom. The Morgan fingerprint density at radius 2 is 2.15 bits per heavy atom. The summed E-state index contributed by atoms with van der Waals surface area (Å²) in [4.78, 5) is 0. The molecule has 1 aromatic heterocycles. The maximum atomic E-state index is 5.61. The van der Waals surface area contributed by atoms with Gasteiger partial charge in [-0.3, -0.25) is 0 Å². The molecule has 106 valence electrons. The van der Waals surface area contributed by atoms with Gasteiger partial charge in [-0.2, -0.15) is 0 Å². The summed E-state index contributed by atoms with van der Waals surface area (Å²) in [7, 11) is 0. The highest BCUT2D eigenvalue weighted by molar-refractivity contribution is 5.40. The van der Waals surface area contributed by atoms with Crippen LogP contribution in [0.15, 0.2) is 34.7 Å². The standard InChI is InChI=1S/C17H21NO2/c1-3-16(18-11-15-6-4-12(2)20-15)13-5-7-17-14(10-13)8-9-19-17/h4-7,10,16,18H,3,8-9,11H2,1-2H3. The van der Waals surface area contributed by atoms with Crippen LogP contribution in [0.1, 0.15) is 42.0 Å². The van der Waals surface area contributed by atoms with Crippen LogP contribution < -0.4 is 10.1 Å². The molecule has 3 heteroatoms. The number of rotatable bonds is 5. The third kappa shape index (κ3) is 2.73. The number of benzene rings is 1. The summed E-state index contributed by atoms with van der Waals surface area (Å²) < 4.78 is 11.2. The molecule has 1 aromatic carbocycles. The molecular formula is C17H21NO2. The van der Waals surface area contributed by atoms with Crippen molar-refractivity contribution in [2.75, 3.05) is 6.61 Å². The normalized spacial score (nSPS) is 14.9. The van der Waals surface area contributed by atoms with E-state index in [9.17, 15) is 0 Å². The van der Waals surface area contributed by atoms with Gasteiger partial charge in [0.05, 0.1) is 13.2 Å². The Morgan fingerprint density at radius 3 is 2.90 bits per heavy atom. The molecule has 0 saturated heterocycles. The first kappa shape index (κ1) is 13.3. The van der Waals surface area contributed by atoms with Gasteiger partial charge in [0.25, 0.3) is 0 Å². The van der Waals surface area contributed by atoms with E-state index in [4.69, 9.17) is 9.15 Å². The highest BCUT2D eigenvalue weighted by Crippen LogP contribution is 2.29. The quantitative estimate of drug-likeness (QED) is 0.899. The molecule has 0 fully saturated rings. The lowest BCUT2D eigenvalue weighted by molar-refractivity contribution is 0.356. The highest BCUT2D eigenvalue weighted by Gasteiger charge is 2.16. The minimum Gasteiger partial charge on any atom is -0.493 e. The van der Waals surface area contributed by atoms with Crippen molar-refractivity contribution < 1.29 is 9.15 Å². The van der Waals surface area contributed by atoms with Gasteiger partial charge in [0.2, 0.25) is 0 Å². The molecule has 0 aliphatic carbocycles. The predicted octanol–water partition coefficient (Wildman–Crippen LogP) is 3.76. The topological polar surface area (TPSA) is 34.4 Å². The monoisotopic (exact) mass is 271 g/mol. The van der Waals surface area contributed by atoms with E-state index in [1.807, 2.05) is 19.1 Å². The van der Waals surface area contributed by atoms with Crippen molar-refractivity contribution in [1.82, 2.24) is 5.32 Å². The number of fused-ring (bicyclic) bond motifs is 1. The second-order valence-corrected chi connectivity index (χ2v) is 5.32. The van der Waals surface area contributed by atoms with Crippen molar-refractivity contribution in [3.63, 3.8) is 0 Å². The van der Waals surface area contributed by atoms with Gasteiger partial charge in [0, 0.05) is 12.5 Å². The van der Waals surface area contributed by atoms with Crippen molar-refractivity contribution in [3.8, 4) is 5.75 Å². The Kier molecular flexibility index (Phi) is 3.79. The van der Waals surface area contributed by atoms with E-state index in [1.54, 1.807) is 0 Å². The van der Waals surface area contributed by atoms with Gasteiger partial charge in [-0.1, -0.05) is 19.1 Å². The van der Waals surface area contributed by atoms with Crippen LogP contribution in [-0.2, 0) is 13.0 Å². The van der Waals surface area contributed by atoms with Crippen molar-refractivity contribution in [2.24, 2.45) is 0 Å². The molecular weight excluding hydrogens is 250 g/mol. The molecule has 20 heavy (non-hydrogen) atoms. The van der Waals surface area contributed by atoms with E-state index in [2.05, 4.69) is 30.4 Å². The number of hydrogen-bond acceptors (Lipinski definition) is 3. The molecule has 0 saturated carbocycles. The minimum atomic E-state index is 0.353. The first-order chi connectivity index (χ1) is 9.76. The molecule has 0 amide bonds. The largest absolute Gasteiger partial charge is 0.493 e. The molecule has 1 aliphatic heterocycles. The summed E-state index contributed by atoms with van der Waals surface area (Å²) in [6, 6.07) is 10.9. The van der Waals surface area contributed by atoms with Crippen LogP contribution in [0.3, 0.4) is 0 Å². The average Bonchev–Trinajstić information content (AvgIpc) is 3.07. The maximum Gasteiger partial charge on any atom is 0.122 e. The Bertz CT molecular complexity index is 588. The van der Waals surface area contributed by atoms with E-state index in [-0.39, 0.29) is 0 Å². The number of furan rings is 1. The van der Waals surface area contributed by atoms with E-state index < -0.39 is 0 Å². The Balaban J connectivity index is 1.69. The van der Waals surface area contributed by atoms with Gasteiger partial charge in [-0.05, 0) is 42.7 Å². The van der Waals surface area contributed by atoms with Crippen molar-refractivity contribution in [3.05, 3.63) is 53.0 Å². The maximum absolute atomic E-state index is 5.61. The molecule has 3 nitrogen and oxygen atoms in total. The van der Waals surface area contributed by atoms with E-state index in [0.717, 1.165) is 43.3 Å². The molecule has 1 aliphatic rings. The Hall–Kier alpha value is -1.74. The zero-order chi connectivity index (χ0) is 13.9. The van der Waals surface area contributed by atoms with Crippen molar-refractivity contribution in [1.29, 1.82) is 0 Å². The van der Waals surface area contributed by atoms with E-state index >= 15 is 0 Å². The van der Waals surface area contributed by atoms with E-state index in [1.165, 1.54) is 11.1 Å². The van der Waals surface area contributed by atoms with Crippen LogP contribution in [0.4, 0.5) is 0 Å². The van der Waals surface area contributed by atoms with Gasteiger partial charge in [-0.25, -0.2) is 0 Å². The zero-order valence-corrected chi connectivity index (χ0v) is 12.1. The smallest absolute Gasteiger partial charge is 0.122 e. The lowest BCUT2D eigenvalue weighted by Gasteiger charge is -2.17. The molecule has 0 radical (unpaired) electrons. The number of ether oxygens (including phenoxy) is 1. The van der Waals surface area contributed by atoms with Crippen LogP contribution >= 0.6 is 0 Å². The summed E-state index contributed by atoms with van der Waals surface area (Å²) in [5.41, 5.74) is 2.66. The van der Waals surface area contributed by atoms with Crippen LogP contribution in [0.25, 0.3) is 0 Å². The fraction of sp³-hybridized carbons (Fsp3) is 0.412. The second-order valence-electron chi connectivity index (χ2n) is 5.32. The Labute approximate surface area is 119 Å². The van der Waals surface area contributed by atoms with Gasteiger partial charge < -0.3 is 14.5 Å². The van der Waals surface area contributed by atoms with Crippen molar-refractivity contribution >= 4 is 0 Å². The van der Waals surface area contributed by atoms with E-state index in [0.29, 0.717) is 6.04 Å². The fourth-order valence-electron chi connectivity index (χ4n) is 2.73. The van der Waals surface area contributed by atoms with Crippen LogP contribution in [0, 0.1) is 6.92 Å². The summed E-state index contributed by atoms with van der Waals surface area (Å²) in [5.74, 6) is 3.00. The molecule has 0 bridgehead atoms. The molecule has 0 spiro atoms. The fourth-order valence-corrected chi connectivity index (χ4v) is 2.73. The third-order valence-corrected chi connectivity index (χ3v) is 3.84. The summed E-state index contributed by atoms with van der Waals surface area (Å²) in [5, 5.41) is 3.57. The predicted molar refractivity (Wildman–Crippen MR) is 79.0 cm³/mol. The minimum absolute atomic E-state index is 0.353. The lowest BCUT2D eigenvalue weighted by atomic mass is 10.0. The highest BCUT2D eigenvalue weighted by atomic mass is 16.5. The number of aryl methyl sites for hydroxylation is 1. The van der Waals surface area contributed by atoms with Gasteiger partial charge in [0.1, 0.15) is 17.3 Å². The second kappa shape index (κ2) is 5.71. The number of nitrogens with one attached hydrogen (secondary N) is 1. The van der Waals surface area contributed by atoms with Crippen LogP contribution in [0.5, 0.6) is 5.75 Å². The zero-order valence-electron chi connectivity index (χ0n) is 12.1. The summed E-state index contributed by atoms with van der Waals surface area (Å²) >= 11 is 0. The number of hydrogen-bond donors (Lipinski definition) is 1. The molecule has 2 aromatic rings. The first-order valence-electron chi connectivity index (χ1n) is 7.30.